The lowest BCUT2D eigenvalue weighted by atomic mass is 9.77. The van der Waals surface area contributed by atoms with Gasteiger partial charge >= 0.3 is 6.18 Å². The molecule has 6 heteroatoms. The Bertz CT molecular complexity index is 496. The summed E-state index contributed by atoms with van der Waals surface area (Å²) in [6, 6.07) is 5.24. The molecule has 1 saturated carbocycles. The van der Waals surface area contributed by atoms with Crippen molar-refractivity contribution in [3.05, 3.63) is 35.4 Å². The van der Waals surface area contributed by atoms with Crippen molar-refractivity contribution in [1.29, 1.82) is 0 Å². The summed E-state index contributed by atoms with van der Waals surface area (Å²) < 4.78 is 43.0. The summed E-state index contributed by atoms with van der Waals surface area (Å²) in [5.74, 6) is 0.0728. The van der Waals surface area contributed by atoms with Crippen LogP contribution in [0.4, 0.5) is 13.2 Å². The standard InChI is InChI=1S/C17H24F3NO2/c1-3-23-15-8-16(22,9-15)11-21-10-12(2)13-4-6-14(7-5-13)17(18,19)20/h4-7,12,15,21-22H,3,8-11H2,1-2H3. The van der Waals surface area contributed by atoms with E-state index >= 15 is 0 Å². The first-order chi connectivity index (χ1) is 10.7. The number of alkyl halides is 3. The number of nitrogens with one attached hydrogen (secondary N) is 1. The molecule has 2 rings (SSSR count). The summed E-state index contributed by atoms with van der Waals surface area (Å²) in [4.78, 5) is 0. The van der Waals surface area contributed by atoms with Crippen LogP contribution in [0.5, 0.6) is 0 Å². The fraction of sp³-hybridized carbons (Fsp3) is 0.647. The van der Waals surface area contributed by atoms with Gasteiger partial charge in [0.15, 0.2) is 0 Å². The number of benzene rings is 1. The van der Waals surface area contributed by atoms with E-state index in [9.17, 15) is 18.3 Å². The van der Waals surface area contributed by atoms with E-state index < -0.39 is 17.3 Å². The normalized spacial score (nSPS) is 25.9. The molecule has 130 valence electrons. The maximum Gasteiger partial charge on any atom is 0.416 e. The molecule has 23 heavy (non-hydrogen) atoms. The number of halogens is 3. The zero-order valence-corrected chi connectivity index (χ0v) is 13.5. The first kappa shape index (κ1) is 18.2. The van der Waals surface area contributed by atoms with Gasteiger partial charge in [-0.2, -0.15) is 13.2 Å². The molecule has 1 atom stereocenters. The van der Waals surface area contributed by atoms with Gasteiger partial charge in [-0.1, -0.05) is 19.1 Å². The van der Waals surface area contributed by atoms with E-state index in [4.69, 9.17) is 4.74 Å². The molecule has 1 fully saturated rings. The van der Waals surface area contributed by atoms with Crippen LogP contribution in [0.15, 0.2) is 24.3 Å². The molecule has 0 amide bonds. The number of ether oxygens (including phenoxy) is 1. The van der Waals surface area contributed by atoms with Crippen molar-refractivity contribution in [2.24, 2.45) is 0 Å². The molecule has 0 bridgehead atoms. The van der Waals surface area contributed by atoms with Crippen LogP contribution in [0.1, 0.15) is 43.7 Å². The molecule has 1 aromatic carbocycles. The highest BCUT2D eigenvalue weighted by atomic mass is 19.4. The topological polar surface area (TPSA) is 41.5 Å². The van der Waals surface area contributed by atoms with Crippen molar-refractivity contribution >= 4 is 0 Å². The molecule has 1 unspecified atom stereocenters. The molecule has 0 aromatic heterocycles. The summed E-state index contributed by atoms with van der Waals surface area (Å²) in [5, 5.41) is 13.5. The average molecular weight is 331 g/mol. The number of rotatable bonds is 7. The molecule has 1 aromatic rings. The predicted molar refractivity (Wildman–Crippen MR) is 82.3 cm³/mol. The van der Waals surface area contributed by atoms with Gasteiger partial charge in [-0.05, 0) is 30.5 Å². The Labute approximate surface area is 134 Å². The fourth-order valence-corrected chi connectivity index (χ4v) is 2.93. The van der Waals surface area contributed by atoms with E-state index in [1.807, 2.05) is 13.8 Å². The Morgan fingerprint density at radius 2 is 1.91 bits per heavy atom. The summed E-state index contributed by atoms with van der Waals surface area (Å²) >= 11 is 0. The second kappa shape index (κ2) is 7.20. The molecule has 0 heterocycles. The SMILES string of the molecule is CCOC1CC(O)(CNCC(C)c2ccc(C(F)(F)F)cc2)C1. The molecule has 0 saturated heterocycles. The van der Waals surface area contributed by atoms with Crippen molar-refractivity contribution in [1.82, 2.24) is 5.32 Å². The van der Waals surface area contributed by atoms with Crippen LogP contribution in [0.2, 0.25) is 0 Å². The second-order valence-corrected chi connectivity index (χ2v) is 6.36. The number of aliphatic hydroxyl groups is 1. The average Bonchev–Trinajstić information content (AvgIpc) is 2.45. The van der Waals surface area contributed by atoms with E-state index in [0.717, 1.165) is 17.7 Å². The first-order valence-electron chi connectivity index (χ1n) is 7.95. The number of hydrogen-bond donors (Lipinski definition) is 2. The Morgan fingerprint density at radius 3 is 2.43 bits per heavy atom. The van der Waals surface area contributed by atoms with Gasteiger partial charge < -0.3 is 15.2 Å². The van der Waals surface area contributed by atoms with Gasteiger partial charge in [-0.15, -0.1) is 0 Å². The highest BCUT2D eigenvalue weighted by Crippen LogP contribution is 2.34. The third-order valence-corrected chi connectivity index (χ3v) is 4.33. The lowest BCUT2D eigenvalue weighted by Crippen LogP contribution is -2.54. The van der Waals surface area contributed by atoms with Gasteiger partial charge in [-0.25, -0.2) is 0 Å². The third kappa shape index (κ3) is 4.93. The van der Waals surface area contributed by atoms with E-state index in [0.29, 0.717) is 32.5 Å². The minimum atomic E-state index is -4.30. The molecule has 2 N–H and O–H groups in total. The minimum Gasteiger partial charge on any atom is -0.388 e. The molecule has 0 aliphatic heterocycles. The van der Waals surface area contributed by atoms with Gasteiger partial charge in [0.25, 0.3) is 0 Å². The Balaban J connectivity index is 1.76. The zero-order valence-electron chi connectivity index (χ0n) is 13.5. The van der Waals surface area contributed by atoms with Crippen molar-refractivity contribution < 1.29 is 23.0 Å². The summed E-state index contributed by atoms with van der Waals surface area (Å²) in [6.07, 6.45) is -2.91. The van der Waals surface area contributed by atoms with E-state index in [1.54, 1.807) is 0 Å². The van der Waals surface area contributed by atoms with Crippen LogP contribution in [0.3, 0.4) is 0 Å². The van der Waals surface area contributed by atoms with Crippen LogP contribution in [0.25, 0.3) is 0 Å². The van der Waals surface area contributed by atoms with E-state index in [1.165, 1.54) is 12.1 Å². The lowest BCUT2D eigenvalue weighted by Gasteiger charge is -2.43. The van der Waals surface area contributed by atoms with Crippen LogP contribution in [-0.4, -0.2) is 36.5 Å². The highest BCUT2D eigenvalue weighted by Gasteiger charge is 2.42. The molecule has 0 radical (unpaired) electrons. The van der Waals surface area contributed by atoms with Gasteiger partial charge in [-0.3, -0.25) is 0 Å². The summed E-state index contributed by atoms with van der Waals surface area (Å²) in [7, 11) is 0. The fourth-order valence-electron chi connectivity index (χ4n) is 2.93. The van der Waals surface area contributed by atoms with Crippen molar-refractivity contribution in [3.8, 4) is 0 Å². The van der Waals surface area contributed by atoms with Crippen molar-refractivity contribution in [2.45, 2.75) is 50.5 Å². The van der Waals surface area contributed by atoms with Crippen LogP contribution in [-0.2, 0) is 10.9 Å². The maximum atomic E-state index is 12.5. The maximum absolute atomic E-state index is 12.5. The molecule has 1 aliphatic rings. The zero-order chi connectivity index (χ0) is 17.1. The third-order valence-electron chi connectivity index (χ3n) is 4.33. The highest BCUT2D eigenvalue weighted by molar-refractivity contribution is 5.27. The Hall–Kier alpha value is -1.11. The number of hydrogen-bond acceptors (Lipinski definition) is 3. The monoisotopic (exact) mass is 331 g/mol. The Kier molecular flexibility index (Phi) is 5.70. The lowest BCUT2D eigenvalue weighted by molar-refractivity contribution is -0.137. The van der Waals surface area contributed by atoms with Crippen molar-refractivity contribution in [3.63, 3.8) is 0 Å². The molecule has 3 nitrogen and oxygen atoms in total. The molecular weight excluding hydrogens is 307 g/mol. The predicted octanol–water partition coefficient (Wildman–Crippen LogP) is 3.33. The molecule has 1 aliphatic carbocycles. The van der Waals surface area contributed by atoms with Crippen molar-refractivity contribution in [2.75, 3.05) is 19.7 Å². The first-order valence-corrected chi connectivity index (χ1v) is 7.95. The summed E-state index contributed by atoms with van der Waals surface area (Å²) in [6.45, 7) is 5.61. The van der Waals surface area contributed by atoms with Gasteiger partial charge in [0.05, 0.1) is 17.3 Å². The van der Waals surface area contributed by atoms with Crippen LogP contribution >= 0.6 is 0 Å². The van der Waals surface area contributed by atoms with Crippen LogP contribution in [0, 0.1) is 0 Å². The minimum absolute atomic E-state index is 0.0728. The van der Waals surface area contributed by atoms with E-state index in [2.05, 4.69) is 5.32 Å². The van der Waals surface area contributed by atoms with Gasteiger partial charge in [0.2, 0.25) is 0 Å². The quantitative estimate of drug-likeness (QED) is 0.805. The smallest absolute Gasteiger partial charge is 0.388 e. The van der Waals surface area contributed by atoms with Gasteiger partial charge in [0.1, 0.15) is 0 Å². The van der Waals surface area contributed by atoms with Gasteiger partial charge in [0, 0.05) is 32.5 Å². The summed E-state index contributed by atoms with van der Waals surface area (Å²) in [5.41, 5.74) is -0.509. The van der Waals surface area contributed by atoms with Crippen LogP contribution < -0.4 is 5.32 Å². The van der Waals surface area contributed by atoms with E-state index in [-0.39, 0.29) is 12.0 Å². The molecule has 0 spiro atoms. The largest absolute Gasteiger partial charge is 0.416 e. The molecular formula is C17H24F3NO2. The second-order valence-electron chi connectivity index (χ2n) is 6.36. The Morgan fingerprint density at radius 1 is 1.30 bits per heavy atom.